The van der Waals surface area contributed by atoms with Crippen LogP contribution in [0.3, 0.4) is 0 Å². The molecule has 0 radical (unpaired) electrons. The highest BCUT2D eigenvalue weighted by molar-refractivity contribution is 9.10. The van der Waals surface area contributed by atoms with Crippen LogP contribution < -0.4 is 0 Å². The second-order valence-electron chi connectivity index (χ2n) is 3.42. The summed E-state index contributed by atoms with van der Waals surface area (Å²) in [6.07, 6.45) is -1.49. The van der Waals surface area contributed by atoms with Gasteiger partial charge in [-0.1, -0.05) is 46.3 Å². The average molecular weight is 281 g/mol. The predicted molar refractivity (Wildman–Crippen MR) is 64.2 cm³/mol. The lowest BCUT2D eigenvalue weighted by Crippen LogP contribution is -2.10. The first kappa shape index (κ1) is 11.1. The number of aliphatic carboxylic acids is 1. The molecule has 16 heavy (non-hydrogen) atoms. The van der Waals surface area contributed by atoms with Crippen LogP contribution >= 0.6 is 15.9 Å². The fraction of sp³-hybridized carbons (Fsp3) is 0.0833. The number of aliphatic hydroxyl groups excluding tert-OH is 1. The van der Waals surface area contributed by atoms with Crippen molar-refractivity contribution in [1.29, 1.82) is 0 Å². The van der Waals surface area contributed by atoms with Crippen LogP contribution in [-0.2, 0) is 4.79 Å². The Morgan fingerprint density at radius 2 is 1.75 bits per heavy atom. The van der Waals surface area contributed by atoms with E-state index in [9.17, 15) is 9.90 Å². The number of aliphatic hydroxyl groups is 1. The van der Waals surface area contributed by atoms with E-state index in [0.717, 1.165) is 15.2 Å². The molecule has 0 spiro atoms. The van der Waals surface area contributed by atoms with Gasteiger partial charge in [0.15, 0.2) is 6.10 Å². The highest BCUT2D eigenvalue weighted by Gasteiger charge is 2.18. The van der Waals surface area contributed by atoms with E-state index in [-0.39, 0.29) is 0 Å². The molecule has 0 amide bonds. The van der Waals surface area contributed by atoms with Gasteiger partial charge in [-0.2, -0.15) is 0 Å². The van der Waals surface area contributed by atoms with Gasteiger partial charge < -0.3 is 10.2 Å². The van der Waals surface area contributed by atoms with Gasteiger partial charge in [0.1, 0.15) is 0 Å². The van der Waals surface area contributed by atoms with Crippen LogP contribution in [-0.4, -0.2) is 16.2 Å². The number of rotatable bonds is 2. The van der Waals surface area contributed by atoms with E-state index in [1.807, 2.05) is 18.2 Å². The Bertz CT molecular complexity index is 551. The van der Waals surface area contributed by atoms with E-state index < -0.39 is 12.1 Å². The summed E-state index contributed by atoms with van der Waals surface area (Å²) in [5.41, 5.74) is 0.409. The van der Waals surface area contributed by atoms with E-state index >= 15 is 0 Å². The van der Waals surface area contributed by atoms with Gasteiger partial charge in [0, 0.05) is 4.47 Å². The quantitative estimate of drug-likeness (QED) is 0.889. The van der Waals surface area contributed by atoms with Crippen LogP contribution in [0.4, 0.5) is 0 Å². The number of carbonyl (C=O) groups is 1. The minimum Gasteiger partial charge on any atom is -0.479 e. The summed E-state index contributed by atoms with van der Waals surface area (Å²) in [6, 6.07) is 10.7. The van der Waals surface area contributed by atoms with Crippen molar-refractivity contribution in [2.45, 2.75) is 6.10 Å². The van der Waals surface area contributed by atoms with Crippen molar-refractivity contribution in [1.82, 2.24) is 0 Å². The van der Waals surface area contributed by atoms with Gasteiger partial charge in [-0.3, -0.25) is 0 Å². The zero-order valence-electron chi connectivity index (χ0n) is 8.22. The smallest absolute Gasteiger partial charge is 0.337 e. The maximum absolute atomic E-state index is 10.8. The van der Waals surface area contributed by atoms with E-state index in [1.165, 1.54) is 0 Å². The molecule has 2 aromatic rings. The van der Waals surface area contributed by atoms with Gasteiger partial charge in [0.25, 0.3) is 0 Å². The lowest BCUT2D eigenvalue weighted by atomic mass is 10.0. The molecule has 0 fully saturated rings. The van der Waals surface area contributed by atoms with Crippen LogP contribution in [0.15, 0.2) is 40.9 Å². The number of carboxylic acids is 1. The summed E-state index contributed by atoms with van der Waals surface area (Å²) < 4.78 is 0.879. The SMILES string of the molecule is O=C(O)[C@@H](O)c1ccc(Br)c2ccccc12. The number of benzene rings is 2. The van der Waals surface area contributed by atoms with Gasteiger partial charge >= 0.3 is 5.97 Å². The third kappa shape index (κ3) is 1.81. The number of hydrogen-bond donors (Lipinski definition) is 2. The summed E-state index contributed by atoms with van der Waals surface area (Å²) in [6.45, 7) is 0. The highest BCUT2D eigenvalue weighted by atomic mass is 79.9. The van der Waals surface area contributed by atoms with E-state index in [0.29, 0.717) is 5.56 Å². The van der Waals surface area contributed by atoms with Gasteiger partial charge in [-0.05, 0) is 22.4 Å². The van der Waals surface area contributed by atoms with Crippen molar-refractivity contribution in [3.63, 3.8) is 0 Å². The molecule has 0 bridgehead atoms. The minimum atomic E-state index is -1.49. The van der Waals surface area contributed by atoms with E-state index in [1.54, 1.807) is 18.2 Å². The Morgan fingerprint density at radius 3 is 2.38 bits per heavy atom. The average Bonchev–Trinajstić information content (AvgIpc) is 2.29. The van der Waals surface area contributed by atoms with Crippen molar-refractivity contribution in [3.8, 4) is 0 Å². The Hall–Kier alpha value is -1.39. The number of fused-ring (bicyclic) bond motifs is 1. The lowest BCUT2D eigenvalue weighted by Gasteiger charge is -2.10. The molecule has 0 unspecified atom stereocenters. The largest absolute Gasteiger partial charge is 0.479 e. The Labute approximate surface area is 100 Å². The zero-order chi connectivity index (χ0) is 11.7. The molecular weight excluding hydrogens is 272 g/mol. The summed E-state index contributed by atoms with van der Waals surface area (Å²) in [7, 11) is 0. The molecule has 82 valence electrons. The van der Waals surface area contributed by atoms with Gasteiger partial charge in [-0.15, -0.1) is 0 Å². The fourth-order valence-electron chi connectivity index (χ4n) is 1.66. The predicted octanol–water partition coefficient (Wildman–Crippen LogP) is 2.72. The first-order valence-corrected chi connectivity index (χ1v) is 5.48. The van der Waals surface area contributed by atoms with Crippen LogP contribution in [0.2, 0.25) is 0 Å². The van der Waals surface area contributed by atoms with Crippen molar-refractivity contribution in [2.24, 2.45) is 0 Å². The van der Waals surface area contributed by atoms with Crippen LogP contribution in [0.5, 0.6) is 0 Å². The molecule has 4 heteroatoms. The zero-order valence-corrected chi connectivity index (χ0v) is 9.81. The van der Waals surface area contributed by atoms with Crippen LogP contribution in [0.1, 0.15) is 11.7 Å². The molecule has 2 aromatic carbocycles. The van der Waals surface area contributed by atoms with Gasteiger partial charge in [0.2, 0.25) is 0 Å². The van der Waals surface area contributed by atoms with Crippen molar-refractivity contribution < 1.29 is 15.0 Å². The molecule has 0 aliphatic rings. The highest BCUT2D eigenvalue weighted by Crippen LogP contribution is 2.30. The Kier molecular flexibility index (Phi) is 2.94. The molecule has 0 saturated heterocycles. The van der Waals surface area contributed by atoms with Crippen molar-refractivity contribution in [3.05, 3.63) is 46.4 Å². The third-order valence-electron chi connectivity index (χ3n) is 2.43. The summed E-state index contributed by atoms with van der Waals surface area (Å²) >= 11 is 3.39. The first-order valence-electron chi connectivity index (χ1n) is 4.69. The minimum absolute atomic E-state index is 0.409. The summed E-state index contributed by atoms with van der Waals surface area (Å²) in [5.74, 6) is -1.24. The Morgan fingerprint density at radius 1 is 1.12 bits per heavy atom. The van der Waals surface area contributed by atoms with Crippen molar-refractivity contribution in [2.75, 3.05) is 0 Å². The van der Waals surface area contributed by atoms with Gasteiger partial charge in [0.05, 0.1) is 0 Å². The monoisotopic (exact) mass is 280 g/mol. The molecule has 0 saturated carbocycles. The van der Waals surface area contributed by atoms with E-state index in [2.05, 4.69) is 15.9 Å². The summed E-state index contributed by atoms with van der Waals surface area (Å²) in [5, 5.41) is 20.0. The molecular formula is C12H9BrO3. The van der Waals surface area contributed by atoms with Crippen LogP contribution in [0, 0.1) is 0 Å². The number of carboxylic acid groups (broad SMARTS) is 1. The Balaban J connectivity index is 2.72. The molecule has 1 atom stereocenters. The molecule has 2 N–H and O–H groups in total. The standard InChI is InChI=1S/C12H9BrO3/c13-10-6-5-9(11(14)12(15)16)7-3-1-2-4-8(7)10/h1-6,11,14H,(H,15,16)/t11-/m0/s1. The maximum Gasteiger partial charge on any atom is 0.337 e. The maximum atomic E-state index is 10.8. The van der Waals surface area contributed by atoms with Crippen molar-refractivity contribution >= 4 is 32.7 Å². The second kappa shape index (κ2) is 4.23. The summed E-state index contributed by atoms with van der Waals surface area (Å²) in [4.78, 5) is 10.8. The fourth-order valence-corrected chi connectivity index (χ4v) is 2.13. The molecule has 0 heterocycles. The second-order valence-corrected chi connectivity index (χ2v) is 4.28. The third-order valence-corrected chi connectivity index (χ3v) is 3.12. The van der Waals surface area contributed by atoms with Crippen LogP contribution in [0.25, 0.3) is 10.8 Å². The van der Waals surface area contributed by atoms with Gasteiger partial charge in [-0.25, -0.2) is 4.79 Å². The number of halogens is 1. The normalized spacial score (nSPS) is 12.6. The van der Waals surface area contributed by atoms with E-state index in [4.69, 9.17) is 5.11 Å². The molecule has 0 aliphatic heterocycles. The topological polar surface area (TPSA) is 57.5 Å². The number of hydrogen-bond acceptors (Lipinski definition) is 2. The lowest BCUT2D eigenvalue weighted by molar-refractivity contribution is -0.146. The molecule has 0 aliphatic carbocycles. The molecule has 2 rings (SSSR count). The molecule has 0 aromatic heterocycles. The molecule has 3 nitrogen and oxygen atoms in total. The first-order chi connectivity index (χ1) is 7.61.